The van der Waals surface area contributed by atoms with Crippen LogP contribution in [0.5, 0.6) is 0 Å². The summed E-state index contributed by atoms with van der Waals surface area (Å²) in [6.45, 7) is 0.106. The highest BCUT2D eigenvalue weighted by molar-refractivity contribution is 6.31. The molecule has 0 unspecified atom stereocenters. The maximum Gasteiger partial charge on any atom is 0.410 e. The number of amides is 1. The predicted octanol–water partition coefficient (Wildman–Crippen LogP) is 2.74. The minimum absolute atomic E-state index is 0.106. The standard InChI is InChI=1S/C9H8ClN5O2/c10-7-3-5(8(11)14-9(16)17)1-2-6(7)4-13-15-12/h1-3H,4H2,(H2,11,14)(H,16,17). The first-order valence-corrected chi connectivity index (χ1v) is 4.80. The molecule has 1 aromatic rings. The van der Waals surface area contributed by atoms with Gasteiger partial charge in [-0.2, -0.15) is 0 Å². The minimum atomic E-state index is -1.32. The first kappa shape index (κ1) is 12.8. The van der Waals surface area contributed by atoms with Crippen LogP contribution in [-0.4, -0.2) is 17.0 Å². The van der Waals surface area contributed by atoms with Crippen LogP contribution in [0.25, 0.3) is 10.4 Å². The van der Waals surface area contributed by atoms with Gasteiger partial charge < -0.3 is 5.11 Å². The molecule has 1 amide bonds. The molecule has 0 bridgehead atoms. The molecule has 17 heavy (non-hydrogen) atoms. The fourth-order valence-corrected chi connectivity index (χ4v) is 1.36. The van der Waals surface area contributed by atoms with E-state index in [9.17, 15) is 4.79 Å². The van der Waals surface area contributed by atoms with Crippen molar-refractivity contribution in [1.82, 2.24) is 5.32 Å². The lowest BCUT2D eigenvalue weighted by Gasteiger charge is -2.06. The Kier molecular flexibility index (Phi) is 4.33. The first-order valence-electron chi connectivity index (χ1n) is 4.42. The second kappa shape index (κ2) is 5.74. The van der Waals surface area contributed by atoms with Gasteiger partial charge in [-0.3, -0.25) is 10.7 Å². The molecule has 0 radical (unpaired) electrons. The Labute approximate surface area is 101 Å². The molecule has 1 aromatic carbocycles. The highest BCUT2D eigenvalue weighted by Gasteiger charge is 2.07. The SMILES string of the molecule is [N-]=[N+]=NCc1ccc(C(=N)NC(=O)O)cc1Cl. The summed E-state index contributed by atoms with van der Waals surface area (Å²) in [7, 11) is 0. The number of carbonyl (C=O) groups is 1. The number of hydrogen-bond acceptors (Lipinski definition) is 3. The number of nitrogens with zero attached hydrogens (tertiary/aromatic N) is 3. The lowest BCUT2D eigenvalue weighted by Crippen LogP contribution is -2.28. The fraction of sp³-hybridized carbons (Fsp3) is 0.111. The maximum absolute atomic E-state index is 10.3. The van der Waals surface area contributed by atoms with Gasteiger partial charge in [0.15, 0.2) is 0 Å². The van der Waals surface area contributed by atoms with E-state index < -0.39 is 6.09 Å². The van der Waals surface area contributed by atoms with Crippen molar-refractivity contribution in [2.24, 2.45) is 5.11 Å². The van der Waals surface area contributed by atoms with Crippen LogP contribution in [-0.2, 0) is 6.54 Å². The number of amidine groups is 1. The summed E-state index contributed by atoms with van der Waals surface area (Å²) >= 11 is 5.89. The zero-order chi connectivity index (χ0) is 12.8. The van der Waals surface area contributed by atoms with Crippen LogP contribution in [0.4, 0.5) is 4.79 Å². The van der Waals surface area contributed by atoms with Gasteiger partial charge in [-0.25, -0.2) is 4.79 Å². The molecule has 0 saturated heterocycles. The zero-order valence-corrected chi connectivity index (χ0v) is 9.27. The van der Waals surface area contributed by atoms with Crippen LogP contribution >= 0.6 is 11.6 Å². The molecule has 0 aromatic heterocycles. The van der Waals surface area contributed by atoms with E-state index in [0.717, 1.165) is 0 Å². The van der Waals surface area contributed by atoms with Crippen molar-refractivity contribution in [2.75, 3.05) is 0 Å². The van der Waals surface area contributed by atoms with Gasteiger partial charge in [-0.05, 0) is 17.2 Å². The van der Waals surface area contributed by atoms with Crippen molar-refractivity contribution in [3.8, 4) is 0 Å². The molecule has 3 N–H and O–H groups in total. The van der Waals surface area contributed by atoms with Gasteiger partial charge in [0.25, 0.3) is 0 Å². The quantitative estimate of drug-likeness (QED) is 0.252. The monoisotopic (exact) mass is 253 g/mol. The number of carboxylic acid groups (broad SMARTS) is 1. The molecule has 0 spiro atoms. The predicted molar refractivity (Wildman–Crippen MR) is 62.3 cm³/mol. The smallest absolute Gasteiger partial charge is 0.410 e. The van der Waals surface area contributed by atoms with Crippen LogP contribution in [0.1, 0.15) is 11.1 Å². The van der Waals surface area contributed by atoms with E-state index in [2.05, 4.69) is 10.0 Å². The van der Waals surface area contributed by atoms with E-state index in [-0.39, 0.29) is 12.4 Å². The molecule has 88 valence electrons. The van der Waals surface area contributed by atoms with Gasteiger partial charge >= 0.3 is 6.09 Å². The van der Waals surface area contributed by atoms with E-state index >= 15 is 0 Å². The van der Waals surface area contributed by atoms with E-state index in [1.54, 1.807) is 6.07 Å². The Morgan fingerprint density at radius 2 is 2.35 bits per heavy atom. The van der Waals surface area contributed by atoms with E-state index in [0.29, 0.717) is 16.1 Å². The number of rotatable bonds is 3. The van der Waals surface area contributed by atoms with Gasteiger partial charge in [0.05, 0.1) is 6.54 Å². The highest BCUT2D eigenvalue weighted by Crippen LogP contribution is 2.18. The summed E-state index contributed by atoms with van der Waals surface area (Å²) in [5.74, 6) is -0.269. The zero-order valence-electron chi connectivity index (χ0n) is 8.51. The van der Waals surface area contributed by atoms with Gasteiger partial charge in [0.2, 0.25) is 0 Å². The summed E-state index contributed by atoms with van der Waals surface area (Å²) < 4.78 is 0. The molecular weight excluding hydrogens is 246 g/mol. The third-order valence-corrected chi connectivity index (χ3v) is 2.23. The Morgan fingerprint density at radius 3 is 2.88 bits per heavy atom. The van der Waals surface area contributed by atoms with Crippen molar-refractivity contribution < 1.29 is 9.90 Å². The van der Waals surface area contributed by atoms with E-state index in [4.69, 9.17) is 27.6 Å². The van der Waals surface area contributed by atoms with Crippen LogP contribution in [0.15, 0.2) is 23.3 Å². The van der Waals surface area contributed by atoms with E-state index in [1.165, 1.54) is 12.1 Å². The molecule has 0 fully saturated rings. The summed E-state index contributed by atoms with van der Waals surface area (Å²) in [5.41, 5.74) is 9.11. The highest BCUT2D eigenvalue weighted by atomic mass is 35.5. The van der Waals surface area contributed by atoms with Gasteiger partial charge in [0.1, 0.15) is 5.84 Å². The summed E-state index contributed by atoms with van der Waals surface area (Å²) in [5, 5.41) is 21.5. The number of benzene rings is 1. The van der Waals surface area contributed by atoms with Gasteiger partial charge in [-0.1, -0.05) is 28.8 Å². The molecule has 0 aliphatic rings. The third-order valence-electron chi connectivity index (χ3n) is 1.88. The van der Waals surface area contributed by atoms with Gasteiger partial charge in [-0.15, -0.1) is 0 Å². The summed E-state index contributed by atoms with van der Waals surface area (Å²) in [4.78, 5) is 12.9. The van der Waals surface area contributed by atoms with E-state index in [1.807, 2.05) is 5.32 Å². The Hall–Kier alpha value is -2.24. The molecule has 0 aliphatic heterocycles. The second-order valence-corrected chi connectivity index (χ2v) is 3.41. The molecule has 0 heterocycles. The molecule has 8 heteroatoms. The third kappa shape index (κ3) is 3.67. The number of azide groups is 1. The van der Waals surface area contributed by atoms with Crippen molar-refractivity contribution in [3.63, 3.8) is 0 Å². The number of halogens is 1. The molecule has 1 rings (SSSR count). The van der Waals surface area contributed by atoms with Crippen molar-refractivity contribution >= 4 is 23.5 Å². The Bertz CT molecular complexity index is 510. The molecule has 0 aliphatic carbocycles. The Morgan fingerprint density at radius 1 is 1.65 bits per heavy atom. The number of nitrogens with one attached hydrogen (secondary N) is 2. The average Bonchev–Trinajstić information content (AvgIpc) is 2.26. The molecule has 0 atom stereocenters. The minimum Gasteiger partial charge on any atom is -0.465 e. The average molecular weight is 254 g/mol. The van der Waals surface area contributed by atoms with Crippen molar-refractivity contribution in [3.05, 3.63) is 44.8 Å². The molecule has 7 nitrogen and oxygen atoms in total. The maximum atomic E-state index is 10.3. The topological polar surface area (TPSA) is 122 Å². The first-order chi connectivity index (χ1) is 8.04. The fourth-order valence-electron chi connectivity index (χ4n) is 1.12. The van der Waals surface area contributed by atoms with Crippen molar-refractivity contribution in [2.45, 2.75) is 6.54 Å². The molecule has 0 saturated carbocycles. The van der Waals surface area contributed by atoms with Crippen LogP contribution < -0.4 is 5.32 Å². The summed E-state index contributed by atoms with van der Waals surface area (Å²) in [6.07, 6.45) is -1.32. The number of hydrogen-bond donors (Lipinski definition) is 3. The lowest BCUT2D eigenvalue weighted by atomic mass is 10.1. The molecular formula is C9H8ClN5O2. The summed E-state index contributed by atoms with van der Waals surface area (Å²) in [6, 6.07) is 4.53. The van der Waals surface area contributed by atoms with Gasteiger partial charge in [0, 0.05) is 15.5 Å². The Balaban J connectivity index is 2.91. The van der Waals surface area contributed by atoms with Crippen LogP contribution in [0.2, 0.25) is 5.02 Å². The normalized spacial score (nSPS) is 9.24. The van der Waals surface area contributed by atoms with Crippen molar-refractivity contribution in [1.29, 1.82) is 5.41 Å². The second-order valence-electron chi connectivity index (χ2n) is 3.00. The lowest BCUT2D eigenvalue weighted by molar-refractivity contribution is 0.200. The van der Waals surface area contributed by atoms with Crippen LogP contribution in [0, 0.1) is 5.41 Å². The largest absolute Gasteiger partial charge is 0.465 e. The van der Waals surface area contributed by atoms with Crippen LogP contribution in [0.3, 0.4) is 0 Å².